The van der Waals surface area contributed by atoms with Crippen molar-refractivity contribution < 1.29 is 0 Å². The van der Waals surface area contributed by atoms with E-state index in [9.17, 15) is 0 Å². The topological polar surface area (TPSA) is 50.7 Å². The maximum absolute atomic E-state index is 5.94. The Hall–Kier alpha value is -2.20. The van der Waals surface area contributed by atoms with Crippen LogP contribution in [0.1, 0.15) is 0 Å². The van der Waals surface area contributed by atoms with Crippen LogP contribution in [0.3, 0.4) is 0 Å². The molecule has 0 aliphatic rings. The third-order valence-corrected chi connectivity index (χ3v) is 2.76. The molecular weight excluding hydrogens is 248 g/mol. The highest BCUT2D eigenvalue weighted by Crippen LogP contribution is 2.23. The fourth-order valence-electron chi connectivity index (χ4n) is 1.70. The second kappa shape index (κ2) is 4.58. The summed E-state index contributed by atoms with van der Waals surface area (Å²) in [4.78, 5) is 12.5. The Morgan fingerprint density at radius 3 is 2.94 bits per heavy atom. The van der Waals surface area contributed by atoms with E-state index in [1.807, 2.05) is 30.3 Å². The highest BCUT2D eigenvalue weighted by Gasteiger charge is 2.03. The molecule has 0 spiro atoms. The molecule has 2 aromatic heterocycles. The van der Waals surface area contributed by atoms with Crippen LogP contribution in [-0.2, 0) is 0 Å². The molecule has 1 aromatic carbocycles. The predicted octanol–water partition coefficient (Wildman–Crippen LogP) is 3.42. The number of nitrogens with one attached hydrogen (secondary N) is 1. The molecule has 88 valence electrons. The van der Waals surface area contributed by atoms with Crippen LogP contribution in [0.2, 0.25) is 5.02 Å². The average Bonchev–Trinajstić information content (AvgIpc) is 2.39. The van der Waals surface area contributed by atoms with Gasteiger partial charge >= 0.3 is 0 Å². The Labute approximate surface area is 109 Å². The molecule has 0 aliphatic carbocycles. The normalized spacial score (nSPS) is 10.5. The molecule has 0 atom stereocenters. The number of anilines is 2. The van der Waals surface area contributed by atoms with E-state index in [2.05, 4.69) is 20.3 Å². The number of benzene rings is 1. The smallest absolute Gasteiger partial charge is 0.143 e. The van der Waals surface area contributed by atoms with Gasteiger partial charge in [-0.25, -0.2) is 9.97 Å². The maximum atomic E-state index is 5.94. The van der Waals surface area contributed by atoms with E-state index in [0.717, 1.165) is 22.4 Å². The summed E-state index contributed by atoms with van der Waals surface area (Å²) in [6, 6.07) is 9.32. The standard InChI is InChI=1S/C13H9ClN4/c14-9-2-1-3-10(6-9)18-13-11-7-15-5-4-12(11)16-8-17-13/h1-8H,(H,16,17,18). The van der Waals surface area contributed by atoms with Crippen LogP contribution < -0.4 is 5.32 Å². The van der Waals surface area contributed by atoms with Gasteiger partial charge < -0.3 is 5.32 Å². The Morgan fingerprint density at radius 1 is 1.11 bits per heavy atom. The first kappa shape index (κ1) is 10.9. The van der Waals surface area contributed by atoms with Crippen molar-refractivity contribution in [2.75, 3.05) is 5.32 Å². The average molecular weight is 257 g/mol. The van der Waals surface area contributed by atoms with Gasteiger partial charge in [0.05, 0.1) is 10.9 Å². The first-order chi connectivity index (χ1) is 8.83. The van der Waals surface area contributed by atoms with E-state index < -0.39 is 0 Å². The molecule has 0 bridgehead atoms. The van der Waals surface area contributed by atoms with E-state index in [4.69, 9.17) is 11.6 Å². The molecule has 5 heteroatoms. The number of rotatable bonds is 2. The fourth-order valence-corrected chi connectivity index (χ4v) is 1.89. The van der Waals surface area contributed by atoms with Crippen molar-refractivity contribution in [3.63, 3.8) is 0 Å². The third-order valence-electron chi connectivity index (χ3n) is 2.52. The van der Waals surface area contributed by atoms with Gasteiger partial charge in [-0.1, -0.05) is 17.7 Å². The minimum atomic E-state index is 0.677. The SMILES string of the molecule is Clc1cccc(Nc2ncnc3ccncc23)c1. The summed E-state index contributed by atoms with van der Waals surface area (Å²) in [5.74, 6) is 0.718. The summed E-state index contributed by atoms with van der Waals surface area (Å²) in [6.07, 6.45) is 4.97. The maximum Gasteiger partial charge on any atom is 0.143 e. The highest BCUT2D eigenvalue weighted by atomic mass is 35.5. The van der Waals surface area contributed by atoms with Gasteiger partial charge in [-0.05, 0) is 24.3 Å². The molecule has 0 saturated heterocycles. The van der Waals surface area contributed by atoms with Crippen molar-refractivity contribution in [3.8, 4) is 0 Å². The van der Waals surface area contributed by atoms with Crippen molar-refractivity contribution in [1.82, 2.24) is 15.0 Å². The first-order valence-corrected chi connectivity index (χ1v) is 5.78. The zero-order valence-electron chi connectivity index (χ0n) is 9.34. The van der Waals surface area contributed by atoms with Crippen molar-refractivity contribution in [3.05, 3.63) is 54.1 Å². The van der Waals surface area contributed by atoms with E-state index >= 15 is 0 Å². The Morgan fingerprint density at radius 2 is 2.06 bits per heavy atom. The lowest BCUT2D eigenvalue weighted by Crippen LogP contribution is -1.96. The second-order valence-electron chi connectivity index (χ2n) is 3.75. The zero-order chi connectivity index (χ0) is 12.4. The van der Waals surface area contributed by atoms with Crippen molar-refractivity contribution in [2.45, 2.75) is 0 Å². The molecule has 3 rings (SSSR count). The van der Waals surface area contributed by atoms with Gasteiger partial charge in [0, 0.05) is 23.1 Å². The lowest BCUT2D eigenvalue weighted by Gasteiger charge is -2.07. The minimum Gasteiger partial charge on any atom is -0.340 e. The number of nitrogens with zero attached hydrogens (tertiary/aromatic N) is 3. The van der Waals surface area contributed by atoms with Gasteiger partial charge in [-0.15, -0.1) is 0 Å². The van der Waals surface area contributed by atoms with E-state index in [1.54, 1.807) is 12.4 Å². The number of hydrogen-bond acceptors (Lipinski definition) is 4. The lowest BCUT2D eigenvalue weighted by molar-refractivity contribution is 1.20. The Bertz CT molecular complexity index is 694. The van der Waals surface area contributed by atoms with Crippen LogP contribution >= 0.6 is 11.6 Å². The summed E-state index contributed by atoms with van der Waals surface area (Å²) in [5.41, 5.74) is 1.73. The molecular formula is C13H9ClN4. The number of fused-ring (bicyclic) bond motifs is 1. The quantitative estimate of drug-likeness (QED) is 0.763. The van der Waals surface area contributed by atoms with Gasteiger partial charge in [0.15, 0.2) is 0 Å². The van der Waals surface area contributed by atoms with Crippen LogP contribution in [0.4, 0.5) is 11.5 Å². The molecule has 0 aliphatic heterocycles. The monoisotopic (exact) mass is 256 g/mol. The van der Waals surface area contributed by atoms with Gasteiger partial charge in [-0.3, -0.25) is 4.98 Å². The minimum absolute atomic E-state index is 0.677. The van der Waals surface area contributed by atoms with Crippen LogP contribution in [0.15, 0.2) is 49.1 Å². The summed E-state index contributed by atoms with van der Waals surface area (Å²) in [6.45, 7) is 0. The second-order valence-corrected chi connectivity index (χ2v) is 4.19. The molecule has 3 aromatic rings. The van der Waals surface area contributed by atoms with Crippen LogP contribution in [-0.4, -0.2) is 15.0 Å². The Kier molecular flexibility index (Phi) is 2.78. The first-order valence-electron chi connectivity index (χ1n) is 5.40. The van der Waals surface area contributed by atoms with Gasteiger partial charge in [0.1, 0.15) is 12.1 Å². The molecule has 1 N–H and O–H groups in total. The highest BCUT2D eigenvalue weighted by molar-refractivity contribution is 6.30. The van der Waals surface area contributed by atoms with Crippen molar-refractivity contribution >= 4 is 34.0 Å². The zero-order valence-corrected chi connectivity index (χ0v) is 10.1. The molecule has 0 amide bonds. The largest absolute Gasteiger partial charge is 0.340 e. The van der Waals surface area contributed by atoms with Gasteiger partial charge in [0.2, 0.25) is 0 Å². The number of halogens is 1. The summed E-state index contributed by atoms with van der Waals surface area (Å²) in [5, 5.41) is 4.76. The van der Waals surface area contributed by atoms with E-state index in [0.29, 0.717) is 5.02 Å². The molecule has 0 unspecified atom stereocenters. The van der Waals surface area contributed by atoms with E-state index in [1.165, 1.54) is 6.33 Å². The third kappa shape index (κ3) is 2.10. The van der Waals surface area contributed by atoms with Gasteiger partial charge in [0.25, 0.3) is 0 Å². The molecule has 0 radical (unpaired) electrons. The van der Waals surface area contributed by atoms with E-state index in [-0.39, 0.29) is 0 Å². The fraction of sp³-hybridized carbons (Fsp3) is 0. The molecule has 0 fully saturated rings. The van der Waals surface area contributed by atoms with Crippen molar-refractivity contribution in [2.24, 2.45) is 0 Å². The van der Waals surface area contributed by atoms with Gasteiger partial charge in [-0.2, -0.15) is 0 Å². The predicted molar refractivity (Wildman–Crippen MR) is 72.1 cm³/mol. The summed E-state index contributed by atoms with van der Waals surface area (Å²) >= 11 is 5.94. The number of aromatic nitrogens is 3. The number of hydrogen-bond donors (Lipinski definition) is 1. The Balaban J connectivity index is 2.05. The molecule has 18 heavy (non-hydrogen) atoms. The molecule has 0 saturated carbocycles. The molecule has 4 nitrogen and oxygen atoms in total. The van der Waals surface area contributed by atoms with Crippen LogP contribution in [0.5, 0.6) is 0 Å². The summed E-state index contributed by atoms with van der Waals surface area (Å²) < 4.78 is 0. The lowest BCUT2D eigenvalue weighted by atomic mass is 10.2. The van der Waals surface area contributed by atoms with Crippen LogP contribution in [0.25, 0.3) is 10.9 Å². The molecule has 2 heterocycles. The number of pyridine rings is 1. The summed E-state index contributed by atoms with van der Waals surface area (Å²) in [7, 11) is 0. The van der Waals surface area contributed by atoms with Crippen molar-refractivity contribution in [1.29, 1.82) is 0 Å². The van der Waals surface area contributed by atoms with Crippen LogP contribution in [0, 0.1) is 0 Å².